The molecule has 0 unspecified atom stereocenters. The molecule has 1 aliphatic heterocycles. The van der Waals surface area contributed by atoms with Gasteiger partial charge in [-0.05, 0) is 37.6 Å². The molecule has 10 nitrogen and oxygen atoms in total. The highest BCUT2D eigenvalue weighted by molar-refractivity contribution is 7.89. The van der Waals surface area contributed by atoms with Crippen LogP contribution in [0.2, 0.25) is 0 Å². The molecule has 0 saturated carbocycles. The first-order chi connectivity index (χ1) is 15.2. The predicted molar refractivity (Wildman–Crippen MR) is 117 cm³/mol. The first kappa shape index (κ1) is 23.5. The third-order valence-electron chi connectivity index (χ3n) is 5.24. The fourth-order valence-electron chi connectivity index (χ4n) is 3.51. The normalized spacial score (nSPS) is 14.8. The Morgan fingerprint density at radius 1 is 1.09 bits per heavy atom. The molecule has 0 atom stereocenters. The Balaban J connectivity index is 1.74. The second-order valence-electron chi connectivity index (χ2n) is 7.20. The third-order valence-corrected chi connectivity index (χ3v) is 7.28. The Kier molecular flexibility index (Phi) is 6.99. The van der Waals surface area contributed by atoms with Crippen LogP contribution in [0.25, 0.3) is 0 Å². The van der Waals surface area contributed by atoms with Crippen molar-refractivity contribution in [1.82, 2.24) is 9.21 Å². The number of hydrogen-bond donors (Lipinski definition) is 0. The van der Waals surface area contributed by atoms with Gasteiger partial charge >= 0.3 is 0 Å². The third kappa shape index (κ3) is 4.68. The van der Waals surface area contributed by atoms with Gasteiger partial charge in [-0.15, -0.1) is 0 Å². The first-order valence-corrected chi connectivity index (χ1v) is 11.5. The summed E-state index contributed by atoms with van der Waals surface area (Å²) >= 11 is 0. The lowest BCUT2D eigenvalue weighted by Gasteiger charge is -2.34. The number of ether oxygens (including phenoxy) is 2. The standard InChI is InChI=1S/C21H25N3O7S/c1-4-31-18-8-6-16(13-19(18)30-3)21(25)22-9-11-23(12-10-22)32(28,29)20-14-17(24(26)27)7-5-15(20)2/h5-8,13-14H,4,9-12H2,1-3H3. The van der Waals surface area contributed by atoms with Crippen molar-refractivity contribution in [1.29, 1.82) is 0 Å². The molecule has 1 heterocycles. The second-order valence-corrected chi connectivity index (χ2v) is 9.11. The molecule has 0 bridgehead atoms. The fraction of sp³-hybridized carbons (Fsp3) is 0.381. The molecule has 3 rings (SSSR count). The topological polar surface area (TPSA) is 119 Å². The number of methoxy groups -OCH3 is 1. The van der Waals surface area contributed by atoms with Crippen LogP contribution in [0.3, 0.4) is 0 Å². The zero-order chi connectivity index (χ0) is 23.5. The Morgan fingerprint density at radius 3 is 2.38 bits per heavy atom. The maximum absolute atomic E-state index is 13.1. The largest absolute Gasteiger partial charge is 0.493 e. The van der Waals surface area contributed by atoms with E-state index in [9.17, 15) is 23.3 Å². The van der Waals surface area contributed by atoms with E-state index in [-0.39, 0.29) is 42.7 Å². The van der Waals surface area contributed by atoms with Gasteiger partial charge in [-0.25, -0.2) is 8.42 Å². The highest BCUT2D eigenvalue weighted by Crippen LogP contribution is 2.29. The molecule has 1 saturated heterocycles. The molecule has 32 heavy (non-hydrogen) atoms. The molecule has 0 aliphatic carbocycles. The van der Waals surface area contributed by atoms with Crippen molar-refractivity contribution < 1.29 is 27.6 Å². The Hall–Kier alpha value is -3.18. The number of hydrogen-bond acceptors (Lipinski definition) is 7. The maximum Gasteiger partial charge on any atom is 0.270 e. The molecule has 1 aliphatic rings. The van der Waals surface area contributed by atoms with E-state index in [1.54, 1.807) is 30.0 Å². The van der Waals surface area contributed by atoms with Crippen LogP contribution in [0.1, 0.15) is 22.8 Å². The molecule has 11 heteroatoms. The van der Waals surface area contributed by atoms with Gasteiger partial charge in [-0.3, -0.25) is 14.9 Å². The van der Waals surface area contributed by atoms with E-state index in [1.807, 2.05) is 6.92 Å². The number of carbonyl (C=O) groups is 1. The monoisotopic (exact) mass is 463 g/mol. The quantitative estimate of drug-likeness (QED) is 0.457. The molecule has 0 aromatic heterocycles. The molecule has 2 aromatic rings. The minimum Gasteiger partial charge on any atom is -0.493 e. The number of sulfonamides is 1. The van der Waals surface area contributed by atoms with Gasteiger partial charge in [0.1, 0.15) is 0 Å². The molecule has 1 fully saturated rings. The van der Waals surface area contributed by atoms with Crippen molar-refractivity contribution in [2.24, 2.45) is 0 Å². The lowest BCUT2D eigenvalue weighted by Crippen LogP contribution is -2.50. The summed E-state index contributed by atoms with van der Waals surface area (Å²) in [6.07, 6.45) is 0. The van der Waals surface area contributed by atoms with Gasteiger partial charge in [0.25, 0.3) is 11.6 Å². The van der Waals surface area contributed by atoms with Crippen LogP contribution >= 0.6 is 0 Å². The van der Waals surface area contributed by atoms with E-state index in [0.717, 1.165) is 6.07 Å². The zero-order valence-corrected chi connectivity index (χ0v) is 18.9. The minimum absolute atomic E-state index is 0.0877. The number of nitro benzene ring substituents is 1. The Bertz CT molecular complexity index is 1130. The number of rotatable bonds is 7. The van der Waals surface area contributed by atoms with Crippen LogP contribution in [0, 0.1) is 17.0 Å². The molecule has 0 spiro atoms. The Morgan fingerprint density at radius 2 is 1.78 bits per heavy atom. The Labute approximate surface area is 186 Å². The fourth-order valence-corrected chi connectivity index (χ4v) is 5.18. The van der Waals surface area contributed by atoms with Gasteiger partial charge in [-0.1, -0.05) is 6.07 Å². The number of piperazine rings is 1. The van der Waals surface area contributed by atoms with Crippen LogP contribution < -0.4 is 9.47 Å². The molecular weight excluding hydrogens is 438 g/mol. The molecule has 2 aromatic carbocycles. The van der Waals surface area contributed by atoms with Crippen molar-refractivity contribution in [2.75, 3.05) is 39.9 Å². The summed E-state index contributed by atoms with van der Waals surface area (Å²) in [5, 5.41) is 11.1. The van der Waals surface area contributed by atoms with Crippen molar-refractivity contribution in [3.05, 3.63) is 57.6 Å². The van der Waals surface area contributed by atoms with E-state index in [2.05, 4.69) is 0 Å². The number of carbonyl (C=O) groups excluding carboxylic acids is 1. The number of benzene rings is 2. The van der Waals surface area contributed by atoms with Crippen LogP contribution in [0.4, 0.5) is 5.69 Å². The van der Waals surface area contributed by atoms with Crippen LogP contribution in [0.15, 0.2) is 41.3 Å². The number of nitro groups is 1. The molecule has 172 valence electrons. The van der Waals surface area contributed by atoms with Gasteiger partial charge in [0.05, 0.1) is 23.5 Å². The summed E-state index contributed by atoms with van der Waals surface area (Å²) < 4.78 is 38.2. The summed E-state index contributed by atoms with van der Waals surface area (Å²) in [6.45, 7) is 4.47. The van der Waals surface area contributed by atoms with Crippen molar-refractivity contribution in [3.8, 4) is 11.5 Å². The van der Waals surface area contributed by atoms with E-state index < -0.39 is 14.9 Å². The molecular formula is C21H25N3O7S. The number of nitrogens with zero attached hydrogens (tertiary/aromatic N) is 3. The summed E-state index contributed by atoms with van der Waals surface area (Å²) in [5.74, 6) is 0.741. The van der Waals surface area contributed by atoms with E-state index in [4.69, 9.17) is 9.47 Å². The van der Waals surface area contributed by atoms with E-state index in [0.29, 0.717) is 29.2 Å². The number of non-ortho nitro benzene ring substituents is 1. The summed E-state index contributed by atoms with van der Waals surface area (Å²) in [6, 6.07) is 8.68. The lowest BCUT2D eigenvalue weighted by atomic mass is 10.1. The van der Waals surface area contributed by atoms with Gasteiger partial charge in [-0.2, -0.15) is 4.31 Å². The van der Waals surface area contributed by atoms with Crippen LogP contribution in [-0.4, -0.2) is 68.3 Å². The van der Waals surface area contributed by atoms with Gasteiger partial charge < -0.3 is 14.4 Å². The molecule has 0 N–H and O–H groups in total. The van der Waals surface area contributed by atoms with E-state index >= 15 is 0 Å². The van der Waals surface area contributed by atoms with Crippen molar-refractivity contribution in [3.63, 3.8) is 0 Å². The van der Waals surface area contributed by atoms with Gasteiger partial charge in [0.2, 0.25) is 10.0 Å². The van der Waals surface area contributed by atoms with E-state index in [1.165, 1.54) is 23.5 Å². The predicted octanol–water partition coefficient (Wildman–Crippen LogP) is 2.46. The van der Waals surface area contributed by atoms with Crippen LogP contribution in [-0.2, 0) is 10.0 Å². The maximum atomic E-state index is 13.1. The first-order valence-electron chi connectivity index (χ1n) is 10.0. The number of amides is 1. The molecule has 0 radical (unpaired) electrons. The summed E-state index contributed by atoms with van der Waals surface area (Å²) in [4.78, 5) is 24.8. The second kappa shape index (κ2) is 9.53. The molecule has 1 amide bonds. The summed E-state index contributed by atoms with van der Waals surface area (Å²) in [7, 11) is -2.44. The summed E-state index contributed by atoms with van der Waals surface area (Å²) in [5.41, 5.74) is 0.555. The zero-order valence-electron chi connectivity index (χ0n) is 18.1. The highest BCUT2D eigenvalue weighted by atomic mass is 32.2. The SMILES string of the molecule is CCOc1ccc(C(=O)N2CCN(S(=O)(=O)c3cc([N+](=O)[O-])ccc3C)CC2)cc1OC. The van der Waals surface area contributed by atoms with Crippen molar-refractivity contribution in [2.45, 2.75) is 18.7 Å². The average Bonchev–Trinajstić information content (AvgIpc) is 2.79. The highest BCUT2D eigenvalue weighted by Gasteiger charge is 2.32. The minimum atomic E-state index is -3.93. The average molecular weight is 464 g/mol. The number of aryl methyl sites for hydroxylation is 1. The lowest BCUT2D eigenvalue weighted by molar-refractivity contribution is -0.385. The van der Waals surface area contributed by atoms with Crippen molar-refractivity contribution >= 4 is 21.6 Å². The smallest absolute Gasteiger partial charge is 0.270 e. The van der Waals surface area contributed by atoms with Crippen LogP contribution in [0.5, 0.6) is 11.5 Å². The van der Waals surface area contributed by atoms with Gasteiger partial charge in [0, 0.05) is 43.9 Å². The van der Waals surface area contributed by atoms with Gasteiger partial charge in [0.15, 0.2) is 11.5 Å².